The summed E-state index contributed by atoms with van der Waals surface area (Å²) < 4.78 is 3.23. The lowest BCUT2D eigenvalue weighted by Crippen LogP contribution is -2.25. The van der Waals surface area contributed by atoms with Gasteiger partial charge in [-0.25, -0.2) is 24.3 Å². The molecule has 32 heavy (non-hydrogen) atoms. The second-order valence-corrected chi connectivity index (χ2v) is 6.88. The minimum atomic E-state index is -0.384. The van der Waals surface area contributed by atoms with Crippen molar-refractivity contribution in [2.24, 2.45) is 0 Å². The van der Waals surface area contributed by atoms with Gasteiger partial charge in [0.05, 0.1) is 5.69 Å². The molecule has 5 aromatic rings. The van der Waals surface area contributed by atoms with E-state index < -0.39 is 0 Å². The van der Waals surface area contributed by atoms with Crippen LogP contribution in [0, 0.1) is 0 Å². The number of pyridine rings is 1. The third-order valence-corrected chi connectivity index (χ3v) is 4.79. The van der Waals surface area contributed by atoms with E-state index in [1.54, 1.807) is 28.0 Å². The molecule has 1 amide bonds. The number of carbonyl (C=O) groups is 1. The van der Waals surface area contributed by atoms with Gasteiger partial charge in [-0.3, -0.25) is 4.79 Å². The van der Waals surface area contributed by atoms with E-state index in [1.165, 1.54) is 6.33 Å². The largest absolute Gasteiger partial charge is 0.345 e. The average Bonchev–Trinajstić information content (AvgIpc) is 3.55. The van der Waals surface area contributed by atoms with Gasteiger partial charge in [0.15, 0.2) is 11.6 Å². The zero-order valence-corrected chi connectivity index (χ0v) is 16.9. The van der Waals surface area contributed by atoms with Gasteiger partial charge in [-0.15, -0.1) is 5.10 Å². The molecular weight excluding hydrogens is 404 g/mol. The maximum absolute atomic E-state index is 12.9. The quantitative estimate of drug-likeness (QED) is 0.451. The number of nitrogens with one attached hydrogen (secondary N) is 1. The van der Waals surface area contributed by atoms with Crippen molar-refractivity contribution in [2.75, 3.05) is 0 Å². The predicted octanol–water partition coefficient (Wildman–Crippen LogP) is 2.84. The lowest BCUT2D eigenvalue weighted by molar-refractivity contribution is 0.0940. The first kappa shape index (κ1) is 19.3. The second kappa shape index (κ2) is 8.60. The average molecular weight is 422 g/mol. The van der Waals surface area contributed by atoms with Gasteiger partial charge in [0.2, 0.25) is 5.82 Å². The number of benzene rings is 2. The van der Waals surface area contributed by atoms with Gasteiger partial charge in [0, 0.05) is 23.9 Å². The third-order valence-electron chi connectivity index (χ3n) is 4.79. The van der Waals surface area contributed by atoms with Crippen molar-refractivity contribution in [1.82, 2.24) is 39.8 Å². The molecule has 156 valence electrons. The number of hydrogen-bond donors (Lipinski definition) is 1. The fraction of sp³-hybridized carbons (Fsp3) is 0.0435. The van der Waals surface area contributed by atoms with Crippen molar-refractivity contribution in [1.29, 1.82) is 0 Å². The lowest BCUT2D eigenvalue weighted by Gasteiger charge is -2.08. The van der Waals surface area contributed by atoms with Gasteiger partial charge < -0.3 is 5.32 Å². The maximum atomic E-state index is 12.9. The Kier molecular flexibility index (Phi) is 5.19. The number of para-hydroxylation sites is 1. The van der Waals surface area contributed by atoms with Crippen LogP contribution >= 0.6 is 0 Å². The zero-order chi connectivity index (χ0) is 21.8. The summed E-state index contributed by atoms with van der Waals surface area (Å²) in [6.07, 6.45) is 4.66. The minimum absolute atomic E-state index is 0.0823. The van der Waals surface area contributed by atoms with Gasteiger partial charge in [0.25, 0.3) is 5.91 Å². The SMILES string of the molecule is O=C(NCc1cccnc1-n1cncn1)c1nc(-c2ccccc2)n(-c2ccccc2)n1. The second-order valence-electron chi connectivity index (χ2n) is 6.88. The van der Waals surface area contributed by atoms with E-state index in [0.717, 1.165) is 16.8 Å². The summed E-state index contributed by atoms with van der Waals surface area (Å²) in [4.78, 5) is 25.8. The molecule has 0 aliphatic heterocycles. The Bertz CT molecular complexity index is 1270. The first-order valence-electron chi connectivity index (χ1n) is 9.94. The van der Waals surface area contributed by atoms with Gasteiger partial charge >= 0.3 is 0 Å². The molecule has 0 atom stereocenters. The first-order valence-corrected chi connectivity index (χ1v) is 9.94. The van der Waals surface area contributed by atoms with Gasteiger partial charge in [-0.05, 0) is 18.2 Å². The number of nitrogens with zero attached hydrogens (tertiary/aromatic N) is 7. The lowest BCUT2D eigenvalue weighted by atomic mass is 10.2. The summed E-state index contributed by atoms with van der Waals surface area (Å²) in [6.45, 7) is 0.239. The Hall–Kier alpha value is -4.66. The maximum Gasteiger partial charge on any atom is 0.291 e. The molecule has 5 rings (SSSR count). The molecule has 0 saturated carbocycles. The molecule has 3 aromatic heterocycles. The summed E-state index contributed by atoms with van der Waals surface area (Å²) >= 11 is 0. The molecule has 0 radical (unpaired) electrons. The van der Waals surface area contributed by atoms with Crippen LogP contribution < -0.4 is 5.32 Å². The third kappa shape index (κ3) is 3.86. The van der Waals surface area contributed by atoms with Crippen molar-refractivity contribution in [3.63, 3.8) is 0 Å². The van der Waals surface area contributed by atoms with E-state index in [0.29, 0.717) is 11.6 Å². The van der Waals surface area contributed by atoms with E-state index in [-0.39, 0.29) is 18.3 Å². The highest BCUT2D eigenvalue weighted by molar-refractivity contribution is 5.91. The van der Waals surface area contributed by atoms with Crippen LogP contribution in [0.15, 0.2) is 91.6 Å². The van der Waals surface area contributed by atoms with Crippen molar-refractivity contribution in [3.05, 3.63) is 103 Å². The van der Waals surface area contributed by atoms with Crippen LogP contribution in [-0.2, 0) is 6.54 Å². The highest BCUT2D eigenvalue weighted by atomic mass is 16.2. The Morgan fingerprint density at radius 1 is 0.938 bits per heavy atom. The van der Waals surface area contributed by atoms with Gasteiger partial charge in [0.1, 0.15) is 12.7 Å². The van der Waals surface area contributed by atoms with Crippen molar-refractivity contribution in [3.8, 4) is 22.9 Å². The Labute approximate surface area is 183 Å². The number of hydrogen-bond acceptors (Lipinski definition) is 6. The summed E-state index contributed by atoms with van der Waals surface area (Å²) in [5.41, 5.74) is 2.47. The minimum Gasteiger partial charge on any atom is -0.345 e. The topological polar surface area (TPSA) is 103 Å². The number of aromatic nitrogens is 7. The molecule has 0 aliphatic carbocycles. The van der Waals surface area contributed by atoms with Gasteiger partial charge in [-0.1, -0.05) is 54.6 Å². The standard InChI is InChI=1S/C23H18N8O/c32-23(26-14-18-10-7-13-25-21(18)30-16-24-15-27-30)20-28-22(17-8-3-1-4-9-17)31(29-20)19-11-5-2-6-12-19/h1-13,15-16H,14H2,(H,26,32). The summed E-state index contributed by atoms with van der Waals surface area (Å²) in [7, 11) is 0. The van der Waals surface area contributed by atoms with Crippen LogP contribution in [0.4, 0.5) is 0 Å². The molecular formula is C23H18N8O. The number of rotatable bonds is 6. The van der Waals surface area contributed by atoms with Crippen molar-refractivity contribution >= 4 is 5.91 Å². The molecule has 0 unspecified atom stereocenters. The molecule has 0 fully saturated rings. The van der Waals surface area contributed by atoms with E-state index in [4.69, 9.17) is 0 Å². The molecule has 0 aliphatic rings. The smallest absolute Gasteiger partial charge is 0.291 e. The molecule has 2 aromatic carbocycles. The van der Waals surface area contributed by atoms with E-state index >= 15 is 0 Å². The van der Waals surface area contributed by atoms with Crippen LogP contribution in [0.5, 0.6) is 0 Å². The van der Waals surface area contributed by atoms with Crippen LogP contribution in [0.2, 0.25) is 0 Å². The summed E-state index contributed by atoms with van der Waals surface area (Å²) in [6, 6.07) is 22.9. The summed E-state index contributed by atoms with van der Waals surface area (Å²) in [5, 5.41) is 11.5. The first-order chi connectivity index (χ1) is 15.8. The highest BCUT2D eigenvalue weighted by Crippen LogP contribution is 2.21. The Balaban J connectivity index is 1.43. The number of amides is 1. The van der Waals surface area contributed by atoms with Crippen molar-refractivity contribution < 1.29 is 4.79 Å². The van der Waals surface area contributed by atoms with Crippen LogP contribution in [0.3, 0.4) is 0 Å². The fourth-order valence-electron chi connectivity index (χ4n) is 3.28. The normalized spacial score (nSPS) is 10.8. The molecule has 0 bridgehead atoms. The summed E-state index contributed by atoms with van der Waals surface area (Å²) in [5.74, 6) is 0.883. The Morgan fingerprint density at radius 2 is 1.72 bits per heavy atom. The zero-order valence-electron chi connectivity index (χ0n) is 16.9. The molecule has 9 heteroatoms. The predicted molar refractivity (Wildman–Crippen MR) is 117 cm³/mol. The van der Waals surface area contributed by atoms with Crippen molar-refractivity contribution in [2.45, 2.75) is 6.54 Å². The van der Waals surface area contributed by atoms with E-state index in [1.807, 2.05) is 66.7 Å². The molecule has 1 N–H and O–H groups in total. The fourth-order valence-corrected chi connectivity index (χ4v) is 3.28. The molecule has 3 heterocycles. The van der Waals surface area contributed by atoms with Crippen LogP contribution in [-0.4, -0.2) is 40.4 Å². The van der Waals surface area contributed by atoms with Gasteiger partial charge in [-0.2, -0.15) is 5.10 Å². The highest BCUT2D eigenvalue weighted by Gasteiger charge is 2.19. The Morgan fingerprint density at radius 3 is 2.47 bits per heavy atom. The van der Waals surface area contributed by atoms with E-state index in [2.05, 4.69) is 30.5 Å². The van der Waals surface area contributed by atoms with Crippen LogP contribution in [0.1, 0.15) is 16.2 Å². The number of carbonyl (C=O) groups excluding carboxylic acids is 1. The van der Waals surface area contributed by atoms with E-state index in [9.17, 15) is 4.79 Å². The monoisotopic (exact) mass is 422 g/mol. The molecule has 9 nitrogen and oxygen atoms in total. The van der Waals surface area contributed by atoms with Crippen LogP contribution in [0.25, 0.3) is 22.9 Å². The molecule has 0 saturated heterocycles. The molecule has 0 spiro atoms.